The van der Waals surface area contributed by atoms with Crippen molar-refractivity contribution in [2.45, 2.75) is 13.5 Å². The number of amides is 1. The Morgan fingerprint density at radius 3 is 2.73 bits per heavy atom. The highest BCUT2D eigenvalue weighted by Gasteiger charge is 2.13. The van der Waals surface area contributed by atoms with Crippen LogP contribution in [0.25, 0.3) is 21.3 Å². The first-order valence-electron chi connectivity index (χ1n) is 8.02. The highest BCUT2D eigenvalue weighted by atomic mass is 32.1. The van der Waals surface area contributed by atoms with Crippen molar-refractivity contribution in [2.24, 2.45) is 0 Å². The van der Waals surface area contributed by atoms with Crippen LogP contribution in [0.1, 0.15) is 5.56 Å². The molecule has 130 valence electrons. The van der Waals surface area contributed by atoms with Crippen LogP contribution in [0.2, 0.25) is 0 Å². The van der Waals surface area contributed by atoms with Gasteiger partial charge in [-0.25, -0.2) is 0 Å². The standard InChI is InChI=1S/C19H15N3O3S/c1-12-6-8-13(9-7-12)15-10-18(25-21-15)20-17(23)11-22-19(24)14-4-2-3-5-16(14)26-22/h2-10H,11H2,1H3,(H,20,23). The fraction of sp³-hybridized carbons (Fsp3) is 0.105. The van der Waals surface area contributed by atoms with Crippen LogP contribution in [-0.2, 0) is 11.3 Å². The molecule has 26 heavy (non-hydrogen) atoms. The van der Waals surface area contributed by atoms with Crippen molar-refractivity contribution in [2.75, 3.05) is 5.32 Å². The van der Waals surface area contributed by atoms with Crippen molar-refractivity contribution in [3.05, 3.63) is 70.5 Å². The monoisotopic (exact) mass is 365 g/mol. The van der Waals surface area contributed by atoms with Gasteiger partial charge in [0.1, 0.15) is 12.2 Å². The maximum atomic E-state index is 12.3. The van der Waals surface area contributed by atoms with E-state index in [4.69, 9.17) is 4.52 Å². The Bertz CT molecular complexity index is 1140. The number of nitrogens with one attached hydrogen (secondary N) is 1. The molecule has 0 fully saturated rings. The molecule has 4 aromatic rings. The Morgan fingerprint density at radius 2 is 1.96 bits per heavy atom. The largest absolute Gasteiger partial charge is 0.338 e. The number of hydrogen-bond donors (Lipinski definition) is 1. The molecule has 0 spiro atoms. The van der Waals surface area contributed by atoms with Crippen LogP contribution in [0.5, 0.6) is 0 Å². The minimum absolute atomic E-state index is 0.0707. The number of benzene rings is 2. The molecule has 1 N–H and O–H groups in total. The molecular formula is C19H15N3O3S. The Kier molecular flexibility index (Phi) is 4.14. The average molecular weight is 365 g/mol. The predicted molar refractivity (Wildman–Crippen MR) is 101 cm³/mol. The molecule has 0 atom stereocenters. The van der Waals surface area contributed by atoms with E-state index in [9.17, 15) is 9.59 Å². The molecule has 0 aliphatic rings. The molecule has 0 aliphatic heterocycles. The number of hydrogen-bond acceptors (Lipinski definition) is 5. The maximum absolute atomic E-state index is 12.3. The Morgan fingerprint density at radius 1 is 1.19 bits per heavy atom. The lowest BCUT2D eigenvalue weighted by molar-refractivity contribution is -0.116. The summed E-state index contributed by atoms with van der Waals surface area (Å²) in [5.41, 5.74) is 2.53. The van der Waals surface area contributed by atoms with Crippen LogP contribution in [0.3, 0.4) is 0 Å². The van der Waals surface area contributed by atoms with E-state index in [2.05, 4.69) is 10.5 Å². The summed E-state index contributed by atoms with van der Waals surface area (Å²) in [7, 11) is 0. The SMILES string of the molecule is Cc1ccc(-c2cc(NC(=O)Cn3sc4ccccc4c3=O)on2)cc1. The molecule has 0 radical (unpaired) electrons. The van der Waals surface area contributed by atoms with Gasteiger partial charge in [0.05, 0.1) is 10.1 Å². The van der Waals surface area contributed by atoms with Crippen molar-refractivity contribution >= 4 is 33.4 Å². The number of aryl methyl sites for hydroxylation is 1. The average Bonchev–Trinajstić information content (AvgIpc) is 3.21. The van der Waals surface area contributed by atoms with Crippen molar-refractivity contribution in [1.29, 1.82) is 0 Å². The normalized spacial score (nSPS) is 11.0. The zero-order valence-electron chi connectivity index (χ0n) is 13.9. The van der Waals surface area contributed by atoms with E-state index in [0.717, 1.165) is 15.8 Å². The third kappa shape index (κ3) is 3.16. The summed E-state index contributed by atoms with van der Waals surface area (Å²) in [5.74, 6) is -0.0926. The molecule has 0 saturated heterocycles. The third-order valence-corrected chi connectivity index (χ3v) is 5.03. The van der Waals surface area contributed by atoms with Gasteiger partial charge < -0.3 is 4.52 Å². The summed E-state index contributed by atoms with van der Waals surface area (Å²) in [5, 5.41) is 7.23. The molecule has 2 aromatic carbocycles. The summed E-state index contributed by atoms with van der Waals surface area (Å²) in [6, 6.07) is 16.8. The summed E-state index contributed by atoms with van der Waals surface area (Å²) < 4.78 is 7.46. The topological polar surface area (TPSA) is 77.1 Å². The second kappa shape index (κ2) is 6.61. The van der Waals surface area contributed by atoms with Gasteiger partial charge >= 0.3 is 0 Å². The Labute approximate surface area is 152 Å². The van der Waals surface area contributed by atoms with Gasteiger partial charge in [0.25, 0.3) is 5.56 Å². The van der Waals surface area contributed by atoms with E-state index >= 15 is 0 Å². The second-order valence-electron chi connectivity index (χ2n) is 5.92. The van der Waals surface area contributed by atoms with E-state index < -0.39 is 0 Å². The van der Waals surface area contributed by atoms with Crippen LogP contribution in [0, 0.1) is 6.92 Å². The maximum Gasteiger partial charge on any atom is 0.268 e. The molecule has 0 unspecified atom stereocenters. The van der Waals surface area contributed by atoms with Crippen molar-refractivity contribution < 1.29 is 9.32 Å². The van der Waals surface area contributed by atoms with Crippen molar-refractivity contribution in [1.82, 2.24) is 9.11 Å². The Hall–Kier alpha value is -3.19. The summed E-state index contributed by atoms with van der Waals surface area (Å²) in [6.45, 7) is 1.94. The minimum atomic E-state index is -0.342. The molecule has 2 heterocycles. The van der Waals surface area contributed by atoms with Gasteiger partial charge in [-0.05, 0) is 19.1 Å². The van der Waals surface area contributed by atoms with Gasteiger partial charge in [0.2, 0.25) is 11.8 Å². The fourth-order valence-corrected chi connectivity index (χ4v) is 3.62. The van der Waals surface area contributed by atoms with Gasteiger partial charge in [0.15, 0.2) is 0 Å². The van der Waals surface area contributed by atoms with Crippen molar-refractivity contribution in [3.8, 4) is 11.3 Å². The lowest BCUT2D eigenvalue weighted by Gasteiger charge is -2.00. The highest BCUT2D eigenvalue weighted by molar-refractivity contribution is 7.13. The first-order chi connectivity index (χ1) is 12.6. The third-order valence-electron chi connectivity index (χ3n) is 3.96. The number of carbonyl (C=O) groups excluding carboxylic acids is 1. The number of aromatic nitrogens is 2. The smallest absolute Gasteiger partial charge is 0.268 e. The van der Waals surface area contributed by atoms with Crippen LogP contribution in [0.15, 0.2) is 63.9 Å². The van der Waals surface area contributed by atoms with Gasteiger partial charge in [-0.15, -0.1) is 0 Å². The van der Waals surface area contributed by atoms with Crippen LogP contribution in [-0.4, -0.2) is 15.0 Å². The van der Waals surface area contributed by atoms with Crippen LogP contribution in [0.4, 0.5) is 5.88 Å². The summed E-state index contributed by atoms with van der Waals surface area (Å²) in [6.07, 6.45) is 0. The number of nitrogens with zero attached hydrogens (tertiary/aromatic N) is 2. The molecule has 1 amide bonds. The molecular weight excluding hydrogens is 350 g/mol. The number of fused-ring (bicyclic) bond motifs is 1. The van der Waals surface area contributed by atoms with E-state index in [1.807, 2.05) is 49.4 Å². The molecule has 6 nitrogen and oxygen atoms in total. The van der Waals surface area contributed by atoms with E-state index in [1.54, 1.807) is 12.1 Å². The molecule has 2 aromatic heterocycles. The molecule has 0 saturated carbocycles. The Balaban J connectivity index is 1.49. The molecule has 0 aliphatic carbocycles. The summed E-state index contributed by atoms with van der Waals surface area (Å²) in [4.78, 5) is 24.5. The first-order valence-corrected chi connectivity index (χ1v) is 8.80. The van der Waals surface area contributed by atoms with Crippen molar-refractivity contribution in [3.63, 3.8) is 0 Å². The zero-order chi connectivity index (χ0) is 18.1. The summed E-state index contributed by atoms with van der Waals surface area (Å²) >= 11 is 1.26. The van der Waals surface area contributed by atoms with Crippen LogP contribution < -0.4 is 10.9 Å². The van der Waals surface area contributed by atoms with E-state index in [1.165, 1.54) is 15.5 Å². The van der Waals surface area contributed by atoms with Crippen LogP contribution >= 0.6 is 11.5 Å². The van der Waals surface area contributed by atoms with Gasteiger partial charge in [0, 0.05) is 11.6 Å². The number of anilines is 1. The molecule has 0 bridgehead atoms. The van der Waals surface area contributed by atoms with Gasteiger partial charge in [-0.1, -0.05) is 58.7 Å². The van der Waals surface area contributed by atoms with E-state index in [-0.39, 0.29) is 23.9 Å². The lowest BCUT2D eigenvalue weighted by Crippen LogP contribution is -2.23. The predicted octanol–water partition coefficient (Wildman–Crippen LogP) is 3.67. The van der Waals surface area contributed by atoms with E-state index in [0.29, 0.717) is 11.1 Å². The first kappa shape index (κ1) is 16.3. The molecule has 7 heteroatoms. The quantitative estimate of drug-likeness (QED) is 0.599. The number of rotatable bonds is 4. The van der Waals surface area contributed by atoms with Gasteiger partial charge in [-0.2, -0.15) is 0 Å². The second-order valence-corrected chi connectivity index (χ2v) is 6.98. The highest BCUT2D eigenvalue weighted by Crippen LogP contribution is 2.22. The zero-order valence-corrected chi connectivity index (χ0v) is 14.7. The molecule has 4 rings (SSSR count). The lowest BCUT2D eigenvalue weighted by atomic mass is 10.1. The fourth-order valence-electron chi connectivity index (χ4n) is 2.62. The number of carbonyl (C=O) groups is 1. The van der Waals surface area contributed by atoms with Gasteiger partial charge in [-0.3, -0.25) is 18.9 Å². The minimum Gasteiger partial charge on any atom is -0.338 e.